The number of morpholine rings is 1. The van der Waals surface area contributed by atoms with Gasteiger partial charge in [-0.25, -0.2) is 9.67 Å². The van der Waals surface area contributed by atoms with Gasteiger partial charge < -0.3 is 15.4 Å². The Kier molecular flexibility index (Phi) is 8.37. The summed E-state index contributed by atoms with van der Waals surface area (Å²) in [6.45, 7) is 8.93. The van der Waals surface area contributed by atoms with E-state index in [-0.39, 0.29) is 24.0 Å². The van der Waals surface area contributed by atoms with E-state index >= 15 is 0 Å². The van der Waals surface area contributed by atoms with Crippen LogP contribution in [-0.2, 0) is 17.7 Å². The van der Waals surface area contributed by atoms with E-state index in [2.05, 4.69) is 37.5 Å². The summed E-state index contributed by atoms with van der Waals surface area (Å²) in [5, 5.41) is 11.2. The van der Waals surface area contributed by atoms with Crippen molar-refractivity contribution in [3.05, 3.63) is 12.2 Å². The van der Waals surface area contributed by atoms with E-state index < -0.39 is 0 Å². The number of nitrogens with one attached hydrogen (secondary N) is 2. The first-order valence-electron chi connectivity index (χ1n) is 8.88. The van der Waals surface area contributed by atoms with E-state index in [9.17, 15) is 0 Å². The summed E-state index contributed by atoms with van der Waals surface area (Å²) in [6, 6.07) is 0.347. The van der Waals surface area contributed by atoms with Crippen LogP contribution >= 0.6 is 24.0 Å². The fourth-order valence-corrected chi connectivity index (χ4v) is 3.30. The van der Waals surface area contributed by atoms with Gasteiger partial charge in [0.1, 0.15) is 12.2 Å². The third kappa shape index (κ3) is 6.07. The lowest BCUT2D eigenvalue weighted by molar-refractivity contribution is 0.0320. The van der Waals surface area contributed by atoms with Crippen molar-refractivity contribution in [2.45, 2.75) is 32.4 Å². The van der Waals surface area contributed by atoms with E-state index in [1.807, 2.05) is 11.7 Å². The average Bonchev–Trinajstić information content (AvgIpc) is 3.07. The Bertz CT molecular complexity index is 544. The van der Waals surface area contributed by atoms with Crippen molar-refractivity contribution in [3.8, 4) is 0 Å². The number of hydrogen-bond acceptors (Lipinski definition) is 5. The van der Waals surface area contributed by atoms with Gasteiger partial charge >= 0.3 is 0 Å². The van der Waals surface area contributed by atoms with Crippen molar-refractivity contribution in [2.24, 2.45) is 10.9 Å². The number of ether oxygens (including phenoxy) is 1. The topological polar surface area (TPSA) is 79.6 Å². The minimum absolute atomic E-state index is 0. The molecule has 2 atom stereocenters. The zero-order valence-electron chi connectivity index (χ0n) is 15.1. The van der Waals surface area contributed by atoms with Gasteiger partial charge in [-0.1, -0.05) is 6.92 Å². The molecular formula is C16H30IN7O. The lowest BCUT2D eigenvalue weighted by atomic mass is 10.1. The van der Waals surface area contributed by atoms with Gasteiger partial charge in [0.2, 0.25) is 0 Å². The zero-order valence-corrected chi connectivity index (χ0v) is 17.5. The van der Waals surface area contributed by atoms with Crippen molar-refractivity contribution >= 4 is 29.9 Å². The van der Waals surface area contributed by atoms with E-state index in [1.54, 1.807) is 6.33 Å². The molecule has 0 aliphatic carbocycles. The lowest BCUT2D eigenvalue weighted by Gasteiger charge is -2.30. The average molecular weight is 463 g/mol. The molecule has 8 nitrogen and oxygen atoms in total. The summed E-state index contributed by atoms with van der Waals surface area (Å²) >= 11 is 0. The van der Waals surface area contributed by atoms with Crippen molar-refractivity contribution in [2.75, 3.05) is 46.4 Å². The molecule has 0 radical (unpaired) electrons. The van der Waals surface area contributed by atoms with Crippen LogP contribution in [0.15, 0.2) is 11.3 Å². The Morgan fingerprint density at radius 3 is 3.00 bits per heavy atom. The second-order valence-corrected chi connectivity index (χ2v) is 6.71. The third-order valence-corrected chi connectivity index (χ3v) is 4.66. The predicted molar refractivity (Wildman–Crippen MR) is 108 cm³/mol. The second kappa shape index (κ2) is 10.3. The molecule has 2 N–H and O–H groups in total. The Balaban J connectivity index is 0.00000225. The van der Waals surface area contributed by atoms with E-state index in [4.69, 9.17) is 4.74 Å². The zero-order chi connectivity index (χ0) is 16.8. The molecule has 142 valence electrons. The van der Waals surface area contributed by atoms with Gasteiger partial charge in [-0.15, -0.1) is 24.0 Å². The fourth-order valence-electron chi connectivity index (χ4n) is 3.30. The lowest BCUT2D eigenvalue weighted by Crippen LogP contribution is -2.49. The molecule has 2 aliphatic heterocycles. The van der Waals surface area contributed by atoms with E-state index in [1.165, 1.54) is 0 Å². The smallest absolute Gasteiger partial charge is 0.191 e. The molecule has 0 spiro atoms. The van der Waals surface area contributed by atoms with Gasteiger partial charge in [0.25, 0.3) is 0 Å². The minimum Gasteiger partial charge on any atom is -0.379 e. The van der Waals surface area contributed by atoms with E-state index in [0.717, 1.165) is 70.6 Å². The van der Waals surface area contributed by atoms with Gasteiger partial charge in [0.05, 0.1) is 19.8 Å². The first kappa shape index (κ1) is 20.4. The maximum atomic E-state index is 5.40. The minimum atomic E-state index is 0. The molecule has 2 unspecified atom stereocenters. The number of aromatic nitrogens is 3. The SMILES string of the molecule is CN=C(NCC(C)CN1CCOCC1)NC1CCc2ncnn2C1.I. The van der Waals surface area contributed by atoms with Gasteiger partial charge in [-0.05, 0) is 12.3 Å². The molecule has 0 saturated carbocycles. The van der Waals surface area contributed by atoms with Gasteiger partial charge in [0.15, 0.2) is 5.96 Å². The molecule has 25 heavy (non-hydrogen) atoms. The Labute approximate surface area is 166 Å². The Morgan fingerprint density at radius 2 is 2.24 bits per heavy atom. The molecule has 1 aromatic rings. The fraction of sp³-hybridized carbons (Fsp3) is 0.812. The summed E-state index contributed by atoms with van der Waals surface area (Å²) in [5.74, 6) is 2.52. The monoisotopic (exact) mass is 463 g/mol. The molecule has 2 aliphatic rings. The molecule has 9 heteroatoms. The number of fused-ring (bicyclic) bond motifs is 1. The van der Waals surface area contributed by atoms with Crippen LogP contribution in [0.25, 0.3) is 0 Å². The molecule has 3 rings (SSSR count). The highest BCUT2D eigenvalue weighted by atomic mass is 127. The molecule has 1 aromatic heterocycles. The van der Waals surface area contributed by atoms with Crippen LogP contribution in [0.1, 0.15) is 19.2 Å². The van der Waals surface area contributed by atoms with Crippen molar-refractivity contribution in [3.63, 3.8) is 0 Å². The maximum Gasteiger partial charge on any atom is 0.191 e. The Morgan fingerprint density at radius 1 is 1.44 bits per heavy atom. The molecule has 1 fully saturated rings. The highest BCUT2D eigenvalue weighted by molar-refractivity contribution is 14.0. The van der Waals surface area contributed by atoms with Gasteiger partial charge in [0, 0.05) is 45.7 Å². The molecule has 3 heterocycles. The number of aliphatic imine (C=N–C) groups is 1. The van der Waals surface area contributed by atoms with Gasteiger partial charge in [-0.2, -0.15) is 5.10 Å². The first-order valence-corrected chi connectivity index (χ1v) is 8.88. The normalized spacial score (nSPS) is 22.6. The molecule has 1 saturated heterocycles. The third-order valence-electron chi connectivity index (χ3n) is 4.66. The second-order valence-electron chi connectivity index (χ2n) is 6.71. The number of nitrogens with zero attached hydrogens (tertiary/aromatic N) is 5. The van der Waals surface area contributed by atoms with Crippen LogP contribution < -0.4 is 10.6 Å². The number of hydrogen-bond donors (Lipinski definition) is 2. The maximum absolute atomic E-state index is 5.40. The number of rotatable bonds is 5. The summed E-state index contributed by atoms with van der Waals surface area (Å²) < 4.78 is 7.38. The highest BCUT2D eigenvalue weighted by Gasteiger charge is 2.21. The van der Waals surface area contributed by atoms with Gasteiger partial charge in [-0.3, -0.25) is 9.89 Å². The van der Waals surface area contributed by atoms with Crippen LogP contribution in [0.5, 0.6) is 0 Å². The number of halogens is 1. The number of aryl methyl sites for hydroxylation is 1. The van der Waals surface area contributed by atoms with Crippen molar-refractivity contribution in [1.82, 2.24) is 30.3 Å². The van der Waals surface area contributed by atoms with Crippen LogP contribution in [0.3, 0.4) is 0 Å². The van der Waals surface area contributed by atoms with Crippen molar-refractivity contribution < 1.29 is 4.74 Å². The summed E-state index contributed by atoms with van der Waals surface area (Å²) in [7, 11) is 1.83. The number of guanidine groups is 1. The quantitative estimate of drug-likeness (QED) is 0.373. The van der Waals surface area contributed by atoms with Crippen LogP contribution in [0, 0.1) is 5.92 Å². The van der Waals surface area contributed by atoms with E-state index in [0.29, 0.717) is 12.0 Å². The summed E-state index contributed by atoms with van der Waals surface area (Å²) in [5.41, 5.74) is 0. The first-order chi connectivity index (χ1) is 11.7. The van der Waals surface area contributed by atoms with Crippen LogP contribution in [0.2, 0.25) is 0 Å². The Hall–Kier alpha value is -0.940. The summed E-state index contributed by atoms with van der Waals surface area (Å²) in [4.78, 5) is 11.1. The standard InChI is InChI=1S/C16H29N7O.HI/c1-13(10-22-5-7-24-8-6-22)9-18-16(17-2)21-14-3-4-15-19-12-20-23(15)11-14;/h12-14H,3-11H2,1-2H3,(H2,17,18,21);1H. The van der Waals surface area contributed by atoms with Crippen molar-refractivity contribution in [1.29, 1.82) is 0 Å². The van der Waals surface area contributed by atoms with Crippen LogP contribution in [0.4, 0.5) is 0 Å². The molecule has 0 bridgehead atoms. The predicted octanol–water partition coefficient (Wildman–Crippen LogP) is 0.344. The summed E-state index contributed by atoms with van der Waals surface area (Å²) in [6.07, 6.45) is 3.66. The molecule has 0 aromatic carbocycles. The largest absolute Gasteiger partial charge is 0.379 e. The molecule has 0 amide bonds. The van der Waals surface area contributed by atoms with Crippen LogP contribution in [-0.4, -0.2) is 78.1 Å². The highest BCUT2D eigenvalue weighted by Crippen LogP contribution is 2.11. The molecular weight excluding hydrogens is 433 g/mol.